The second kappa shape index (κ2) is 6.68. The molecule has 122 valence electrons. The summed E-state index contributed by atoms with van der Waals surface area (Å²) in [6.45, 7) is 1.72. The summed E-state index contributed by atoms with van der Waals surface area (Å²) in [5.74, 6) is -1.39. The van der Waals surface area contributed by atoms with Gasteiger partial charge in [0.1, 0.15) is 11.6 Å². The van der Waals surface area contributed by atoms with Gasteiger partial charge in [-0.1, -0.05) is 18.2 Å². The van der Waals surface area contributed by atoms with Gasteiger partial charge in [0.05, 0.1) is 12.1 Å². The molecular formula is C16H13F4NO2. The van der Waals surface area contributed by atoms with Gasteiger partial charge in [0, 0.05) is 0 Å². The van der Waals surface area contributed by atoms with E-state index in [1.165, 1.54) is 24.3 Å². The van der Waals surface area contributed by atoms with Crippen LogP contribution >= 0.6 is 0 Å². The molecule has 23 heavy (non-hydrogen) atoms. The highest BCUT2D eigenvalue weighted by atomic mass is 19.4. The molecule has 1 N–H and O–H groups in total. The first-order chi connectivity index (χ1) is 10.7. The van der Waals surface area contributed by atoms with Crippen molar-refractivity contribution >= 4 is 11.6 Å². The van der Waals surface area contributed by atoms with Gasteiger partial charge in [0.2, 0.25) is 5.91 Å². The summed E-state index contributed by atoms with van der Waals surface area (Å²) >= 11 is 0. The molecule has 7 heteroatoms. The van der Waals surface area contributed by atoms with Gasteiger partial charge in [-0.25, -0.2) is 4.39 Å². The average Bonchev–Trinajstić information content (AvgIpc) is 2.42. The van der Waals surface area contributed by atoms with Crippen LogP contribution in [-0.2, 0) is 11.2 Å². The number of carbonyl (C=O) groups is 1. The van der Waals surface area contributed by atoms with Crippen molar-refractivity contribution in [1.82, 2.24) is 0 Å². The quantitative estimate of drug-likeness (QED) is 0.854. The minimum Gasteiger partial charge on any atom is -0.406 e. The first-order valence-corrected chi connectivity index (χ1v) is 6.63. The van der Waals surface area contributed by atoms with Crippen molar-refractivity contribution in [2.24, 2.45) is 0 Å². The topological polar surface area (TPSA) is 38.3 Å². The van der Waals surface area contributed by atoms with Crippen molar-refractivity contribution in [1.29, 1.82) is 0 Å². The van der Waals surface area contributed by atoms with E-state index in [2.05, 4.69) is 10.1 Å². The van der Waals surface area contributed by atoms with E-state index < -0.39 is 18.1 Å². The molecule has 2 aromatic rings. The summed E-state index contributed by atoms with van der Waals surface area (Å²) in [4.78, 5) is 11.8. The van der Waals surface area contributed by atoms with Crippen molar-refractivity contribution < 1.29 is 27.1 Å². The van der Waals surface area contributed by atoms with E-state index in [4.69, 9.17) is 0 Å². The molecule has 1 amide bonds. The van der Waals surface area contributed by atoms with E-state index in [0.717, 1.165) is 17.7 Å². The summed E-state index contributed by atoms with van der Waals surface area (Å²) < 4.78 is 53.5. The van der Waals surface area contributed by atoms with E-state index in [1.807, 2.05) is 0 Å². The highest BCUT2D eigenvalue weighted by molar-refractivity contribution is 5.92. The van der Waals surface area contributed by atoms with Crippen molar-refractivity contribution in [2.75, 3.05) is 5.32 Å². The fourth-order valence-electron chi connectivity index (χ4n) is 1.91. The zero-order chi connectivity index (χ0) is 17.0. The van der Waals surface area contributed by atoms with E-state index in [1.54, 1.807) is 13.0 Å². The van der Waals surface area contributed by atoms with E-state index in [0.29, 0.717) is 5.56 Å². The Hall–Kier alpha value is -2.57. The summed E-state index contributed by atoms with van der Waals surface area (Å²) in [6.07, 6.45) is -4.86. The van der Waals surface area contributed by atoms with E-state index in [9.17, 15) is 22.4 Å². The van der Waals surface area contributed by atoms with Crippen LogP contribution in [0.25, 0.3) is 0 Å². The number of alkyl halides is 3. The number of aryl methyl sites for hydroxylation is 1. The zero-order valence-electron chi connectivity index (χ0n) is 12.1. The Labute approximate surface area is 129 Å². The maximum Gasteiger partial charge on any atom is 0.573 e. The van der Waals surface area contributed by atoms with Crippen molar-refractivity contribution in [3.05, 3.63) is 59.4 Å². The number of rotatable bonds is 4. The molecule has 0 heterocycles. The van der Waals surface area contributed by atoms with Gasteiger partial charge >= 0.3 is 6.36 Å². The Bertz CT molecular complexity index is 696. The number of benzene rings is 2. The molecule has 2 aromatic carbocycles. The first-order valence-electron chi connectivity index (χ1n) is 6.63. The van der Waals surface area contributed by atoms with Crippen LogP contribution < -0.4 is 10.1 Å². The summed E-state index contributed by atoms with van der Waals surface area (Å²) in [5, 5.41) is 2.41. The molecular weight excluding hydrogens is 314 g/mol. The van der Waals surface area contributed by atoms with Gasteiger partial charge in [0.25, 0.3) is 0 Å². The lowest BCUT2D eigenvalue weighted by Gasteiger charge is -2.10. The van der Waals surface area contributed by atoms with Crippen LogP contribution in [0, 0.1) is 12.7 Å². The molecule has 0 saturated carbocycles. The van der Waals surface area contributed by atoms with Gasteiger partial charge in [-0.2, -0.15) is 0 Å². The predicted octanol–water partition coefficient (Wildman–Crippen LogP) is 4.21. The Balaban J connectivity index is 1.97. The predicted molar refractivity (Wildman–Crippen MR) is 76.6 cm³/mol. The number of ether oxygens (including phenoxy) is 1. The second-order valence-electron chi connectivity index (χ2n) is 4.90. The van der Waals surface area contributed by atoms with Crippen molar-refractivity contribution in [3.8, 4) is 5.75 Å². The number of hydrogen-bond donors (Lipinski definition) is 1. The minimum atomic E-state index is -4.76. The molecule has 0 unspecified atom stereocenters. The van der Waals surface area contributed by atoms with Crippen LogP contribution in [0.3, 0.4) is 0 Å². The first kappa shape index (κ1) is 16.8. The number of halogens is 4. The zero-order valence-corrected chi connectivity index (χ0v) is 12.1. The fraction of sp³-hybridized carbons (Fsp3) is 0.188. The number of hydrogen-bond acceptors (Lipinski definition) is 2. The molecule has 0 fully saturated rings. The van der Waals surface area contributed by atoms with Crippen molar-refractivity contribution in [2.45, 2.75) is 19.7 Å². The monoisotopic (exact) mass is 327 g/mol. The van der Waals surface area contributed by atoms with Crippen LogP contribution in [0.5, 0.6) is 5.75 Å². The highest BCUT2D eigenvalue weighted by Gasteiger charge is 2.30. The largest absolute Gasteiger partial charge is 0.573 e. The lowest BCUT2D eigenvalue weighted by Crippen LogP contribution is -2.17. The molecule has 0 saturated heterocycles. The third-order valence-corrected chi connectivity index (χ3v) is 2.92. The number of nitrogens with one attached hydrogen (secondary N) is 1. The Morgan fingerprint density at radius 2 is 1.78 bits per heavy atom. The lowest BCUT2D eigenvalue weighted by molar-refractivity contribution is -0.274. The van der Waals surface area contributed by atoms with Gasteiger partial charge in [-0.3, -0.25) is 4.79 Å². The van der Waals surface area contributed by atoms with Gasteiger partial charge in [-0.15, -0.1) is 13.2 Å². The van der Waals surface area contributed by atoms with Crippen LogP contribution in [0.15, 0.2) is 42.5 Å². The number of anilines is 1. The molecule has 0 radical (unpaired) electrons. The van der Waals surface area contributed by atoms with E-state index >= 15 is 0 Å². The Morgan fingerprint density at radius 1 is 1.13 bits per heavy atom. The molecule has 0 aliphatic carbocycles. The maximum absolute atomic E-state index is 13.6. The number of carbonyl (C=O) groups excluding carboxylic acids is 1. The van der Waals surface area contributed by atoms with Crippen LogP contribution in [-0.4, -0.2) is 12.3 Å². The molecule has 3 nitrogen and oxygen atoms in total. The van der Waals surface area contributed by atoms with Crippen LogP contribution in [0.2, 0.25) is 0 Å². The Morgan fingerprint density at radius 3 is 2.35 bits per heavy atom. The third-order valence-electron chi connectivity index (χ3n) is 2.92. The standard InChI is InChI=1S/C16H13F4NO2/c1-10-2-7-14(13(17)8-10)21-15(22)9-11-3-5-12(6-4-11)23-16(18,19)20/h2-8H,9H2,1H3,(H,21,22). The average molecular weight is 327 g/mol. The Kier molecular flexibility index (Phi) is 4.88. The summed E-state index contributed by atoms with van der Waals surface area (Å²) in [6, 6.07) is 9.30. The van der Waals surface area contributed by atoms with Gasteiger partial charge in [-0.05, 0) is 42.3 Å². The third kappa shape index (κ3) is 5.28. The van der Waals surface area contributed by atoms with E-state index in [-0.39, 0.29) is 17.9 Å². The highest BCUT2D eigenvalue weighted by Crippen LogP contribution is 2.23. The molecule has 0 aliphatic heterocycles. The number of amides is 1. The maximum atomic E-state index is 13.6. The second-order valence-corrected chi connectivity index (χ2v) is 4.90. The fourth-order valence-corrected chi connectivity index (χ4v) is 1.91. The molecule has 0 spiro atoms. The molecule has 0 aliphatic rings. The van der Waals surface area contributed by atoms with Crippen molar-refractivity contribution in [3.63, 3.8) is 0 Å². The molecule has 2 rings (SSSR count). The van der Waals surface area contributed by atoms with Gasteiger partial charge < -0.3 is 10.1 Å². The summed E-state index contributed by atoms with van der Waals surface area (Å²) in [7, 11) is 0. The molecule has 0 aromatic heterocycles. The molecule has 0 bridgehead atoms. The molecule has 0 atom stereocenters. The van der Waals surface area contributed by atoms with Gasteiger partial charge in [0.15, 0.2) is 0 Å². The minimum absolute atomic E-state index is 0.0534. The summed E-state index contributed by atoms with van der Waals surface area (Å²) in [5.41, 5.74) is 1.25. The van der Waals surface area contributed by atoms with Crippen LogP contribution in [0.4, 0.5) is 23.2 Å². The van der Waals surface area contributed by atoms with Crippen LogP contribution in [0.1, 0.15) is 11.1 Å². The smallest absolute Gasteiger partial charge is 0.406 e. The lowest BCUT2D eigenvalue weighted by atomic mass is 10.1. The normalized spacial score (nSPS) is 11.2. The SMILES string of the molecule is Cc1ccc(NC(=O)Cc2ccc(OC(F)(F)F)cc2)c(F)c1.